The molecule has 20 heavy (non-hydrogen) atoms. The molecule has 2 heterocycles. The van der Waals surface area contributed by atoms with Gasteiger partial charge >= 0.3 is 0 Å². The first-order valence-corrected chi connectivity index (χ1v) is 9.30. The van der Waals surface area contributed by atoms with E-state index < -0.39 is 10.0 Å². The Balaban J connectivity index is 1.95. The Bertz CT molecular complexity index is 534. The lowest BCUT2D eigenvalue weighted by Gasteiger charge is -2.26. The van der Waals surface area contributed by atoms with Gasteiger partial charge in [0, 0.05) is 13.1 Å². The third-order valence-corrected chi connectivity index (χ3v) is 6.48. The first-order valence-electron chi connectivity index (χ1n) is 6.94. The number of hydrogen-bond acceptors (Lipinski definition) is 5. The van der Waals surface area contributed by atoms with Crippen molar-refractivity contribution in [1.29, 1.82) is 0 Å². The maximum atomic E-state index is 12.3. The Kier molecular flexibility index (Phi) is 5.57. The fourth-order valence-corrected chi connectivity index (χ4v) is 5.23. The summed E-state index contributed by atoms with van der Waals surface area (Å²) in [4.78, 5) is 3.05. The predicted molar refractivity (Wildman–Crippen MR) is 80.5 cm³/mol. The Morgan fingerprint density at radius 2 is 2.05 bits per heavy atom. The number of rotatable bonds is 6. The second kappa shape index (κ2) is 7.00. The van der Waals surface area contributed by atoms with Crippen molar-refractivity contribution in [3.8, 4) is 0 Å². The van der Waals surface area contributed by atoms with E-state index in [0.29, 0.717) is 17.0 Å². The van der Waals surface area contributed by atoms with E-state index in [1.165, 1.54) is 30.6 Å². The van der Waals surface area contributed by atoms with Crippen molar-refractivity contribution in [2.24, 2.45) is 0 Å². The number of nitrogens with one attached hydrogen (secondary N) is 1. The summed E-state index contributed by atoms with van der Waals surface area (Å²) in [6.07, 6.45) is 3.67. The Morgan fingerprint density at radius 3 is 2.70 bits per heavy atom. The lowest BCUT2D eigenvalue weighted by Crippen LogP contribution is -2.37. The predicted octanol–water partition coefficient (Wildman–Crippen LogP) is 1.31. The molecule has 0 spiro atoms. The molecule has 1 fully saturated rings. The molecule has 0 unspecified atom stereocenters. The van der Waals surface area contributed by atoms with Gasteiger partial charge in [-0.05, 0) is 43.8 Å². The Labute approximate surface area is 124 Å². The van der Waals surface area contributed by atoms with Crippen molar-refractivity contribution in [2.75, 3.05) is 26.2 Å². The van der Waals surface area contributed by atoms with Crippen LogP contribution in [0.25, 0.3) is 0 Å². The summed E-state index contributed by atoms with van der Waals surface area (Å²) in [6.45, 7) is 4.80. The molecule has 0 aromatic carbocycles. The van der Waals surface area contributed by atoms with E-state index >= 15 is 0 Å². The number of nitrogens with zero attached hydrogens (tertiary/aromatic N) is 1. The van der Waals surface area contributed by atoms with E-state index in [9.17, 15) is 13.5 Å². The van der Waals surface area contributed by atoms with E-state index in [2.05, 4.69) is 9.62 Å². The van der Waals surface area contributed by atoms with Crippen LogP contribution < -0.4 is 4.72 Å². The zero-order valence-electron chi connectivity index (χ0n) is 11.8. The average molecular weight is 318 g/mol. The van der Waals surface area contributed by atoms with Crippen LogP contribution in [0.1, 0.15) is 29.7 Å². The molecule has 114 valence electrons. The molecule has 0 bridgehead atoms. The van der Waals surface area contributed by atoms with Crippen LogP contribution in [-0.4, -0.2) is 44.6 Å². The van der Waals surface area contributed by atoms with Gasteiger partial charge in [-0.1, -0.05) is 6.42 Å². The highest BCUT2D eigenvalue weighted by molar-refractivity contribution is 7.89. The smallest absolute Gasteiger partial charge is 0.242 e. The third-order valence-electron chi connectivity index (χ3n) is 3.57. The topological polar surface area (TPSA) is 69.6 Å². The highest BCUT2D eigenvalue weighted by Gasteiger charge is 2.22. The minimum atomic E-state index is -3.52. The fraction of sp³-hybridized carbons (Fsp3) is 0.692. The number of hydrogen-bond donors (Lipinski definition) is 2. The zero-order valence-corrected chi connectivity index (χ0v) is 13.4. The van der Waals surface area contributed by atoms with Crippen molar-refractivity contribution in [3.63, 3.8) is 0 Å². The van der Waals surface area contributed by atoms with Crippen molar-refractivity contribution in [3.05, 3.63) is 15.8 Å². The number of piperidine rings is 1. The lowest BCUT2D eigenvalue weighted by molar-refractivity contribution is 0.232. The molecule has 1 aliphatic heterocycles. The van der Waals surface area contributed by atoms with Gasteiger partial charge in [0.05, 0.1) is 11.5 Å². The standard InChI is InChI=1S/C13H22N2O3S2/c1-11-10-19-12(9-16)13(11)20(17,18)14-5-8-15-6-3-2-4-7-15/h10,14,16H,2-9H2,1H3. The summed E-state index contributed by atoms with van der Waals surface area (Å²) in [5.41, 5.74) is 0.699. The molecule has 0 atom stereocenters. The monoisotopic (exact) mass is 318 g/mol. The van der Waals surface area contributed by atoms with Crippen molar-refractivity contribution in [2.45, 2.75) is 37.7 Å². The minimum Gasteiger partial charge on any atom is -0.391 e. The van der Waals surface area contributed by atoms with E-state index in [1.807, 2.05) is 0 Å². The maximum Gasteiger partial charge on any atom is 0.242 e. The Morgan fingerprint density at radius 1 is 1.35 bits per heavy atom. The molecular formula is C13H22N2O3S2. The van der Waals surface area contributed by atoms with Crippen LogP contribution in [-0.2, 0) is 16.6 Å². The minimum absolute atomic E-state index is 0.235. The normalized spacial score (nSPS) is 17.5. The summed E-state index contributed by atoms with van der Waals surface area (Å²) < 4.78 is 27.3. The number of aliphatic hydroxyl groups excluding tert-OH is 1. The molecule has 1 aromatic rings. The van der Waals surface area contributed by atoms with Crippen LogP contribution >= 0.6 is 11.3 Å². The van der Waals surface area contributed by atoms with Gasteiger partial charge in [0.25, 0.3) is 0 Å². The maximum absolute atomic E-state index is 12.3. The van der Waals surface area contributed by atoms with Gasteiger partial charge in [-0.25, -0.2) is 13.1 Å². The molecular weight excluding hydrogens is 296 g/mol. The first kappa shape index (κ1) is 15.9. The van der Waals surface area contributed by atoms with E-state index in [4.69, 9.17) is 0 Å². The molecule has 1 aromatic heterocycles. The van der Waals surface area contributed by atoms with Crippen LogP contribution in [0.5, 0.6) is 0 Å². The van der Waals surface area contributed by atoms with Gasteiger partial charge in [0.1, 0.15) is 4.90 Å². The number of aliphatic hydroxyl groups is 1. The van der Waals surface area contributed by atoms with E-state index in [0.717, 1.165) is 19.6 Å². The molecule has 7 heteroatoms. The van der Waals surface area contributed by atoms with E-state index in [1.54, 1.807) is 12.3 Å². The SMILES string of the molecule is Cc1csc(CO)c1S(=O)(=O)NCCN1CCCCC1. The van der Waals surface area contributed by atoms with Crippen molar-refractivity contribution in [1.82, 2.24) is 9.62 Å². The van der Waals surface area contributed by atoms with E-state index in [-0.39, 0.29) is 11.5 Å². The van der Waals surface area contributed by atoms with Crippen molar-refractivity contribution < 1.29 is 13.5 Å². The third kappa shape index (κ3) is 3.79. The summed E-state index contributed by atoms with van der Waals surface area (Å²) in [7, 11) is -3.52. The number of likely N-dealkylation sites (tertiary alicyclic amines) is 1. The second-order valence-electron chi connectivity index (χ2n) is 5.13. The van der Waals surface area contributed by atoms with Gasteiger partial charge in [-0.2, -0.15) is 0 Å². The average Bonchev–Trinajstić information content (AvgIpc) is 2.81. The van der Waals surface area contributed by atoms with Crippen LogP contribution in [0.3, 0.4) is 0 Å². The lowest BCUT2D eigenvalue weighted by atomic mass is 10.1. The summed E-state index contributed by atoms with van der Waals surface area (Å²) in [5.74, 6) is 0. The molecule has 2 rings (SSSR count). The summed E-state index contributed by atoms with van der Waals surface area (Å²) in [6, 6.07) is 0. The van der Waals surface area contributed by atoms with Gasteiger partial charge in [-0.15, -0.1) is 11.3 Å². The second-order valence-corrected chi connectivity index (χ2v) is 7.80. The van der Waals surface area contributed by atoms with Crippen LogP contribution in [0.15, 0.2) is 10.3 Å². The van der Waals surface area contributed by atoms with Gasteiger partial charge in [-0.3, -0.25) is 0 Å². The highest BCUT2D eigenvalue weighted by Crippen LogP contribution is 2.26. The molecule has 0 saturated carbocycles. The molecule has 5 nitrogen and oxygen atoms in total. The number of sulfonamides is 1. The number of thiophene rings is 1. The molecule has 0 aliphatic carbocycles. The summed E-state index contributed by atoms with van der Waals surface area (Å²) in [5, 5.41) is 11.0. The van der Waals surface area contributed by atoms with Crippen molar-refractivity contribution >= 4 is 21.4 Å². The quantitative estimate of drug-likeness (QED) is 0.830. The van der Waals surface area contributed by atoms with Crippen LogP contribution in [0.4, 0.5) is 0 Å². The largest absolute Gasteiger partial charge is 0.391 e. The van der Waals surface area contributed by atoms with Gasteiger partial charge < -0.3 is 10.0 Å². The zero-order chi connectivity index (χ0) is 14.6. The molecule has 0 radical (unpaired) electrons. The molecule has 2 N–H and O–H groups in total. The van der Waals surface area contributed by atoms with Crippen LogP contribution in [0, 0.1) is 6.92 Å². The molecule has 1 aliphatic rings. The van der Waals surface area contributed by atoms with Gasteiger partial charge in [0.2, 0.25) is 10.0 Å². The Hall–Kier alpha value is -0.470. The summed E-state index contributed by atoms with van der Waals surface area (Å²) >= 11 is 1.28. The highest BCUT2D eigenvalue weighted by atomic mass is 32.2. The molecule has 1 saturated heterocycles. The van der Waals surface area contributed by atoms with Crippen LogP contribution in [0.2, 0.25) is 0 Å². The van der Waals surface area contributed by atoms with Gasteiger partial charge in [0.15, 0.2) is 0 Å². The number of aryl methyl sites for hydroxylation is 1. The first-order chi connectivity index (χ1) is 9.54. The fourth-order valence-electron chi connectivity index (χ4n) is 2.55. The molecule has 0 amide bonds.